The highest BCUT2D eigenvalue weighted by molar-refractivity contribution is 5.72. The molecule has 2 aromatic rings. The molecular weight excluding hydrogens is 210 g/mol. The molecule has 2 rings (SSSR count). The van der Waals surface area contributed by atoms with Crippen molar-refractivity contribution in [3.63, 3.8) is 0 Å². The molecule has 0 atom stereocenters. The van der Waals surface area contributed by atoms with Crippen molar-refractivity contribution in [2.45, 2.75) is 13.8 Å². The van der Waals surface area contributed by atoms with Crippen molar-refractivity contribution in [3.8, 4) is 16.9 Å². The maximum Gasteiger partial charge on any atom is 0.127 e. The molecule has 0 aromatic heterocycles. The van der Waals surface area contributed by atoms with E-state index in [4.69, 9.17) is 10.5 Å². The van der Waals surface area contributed by atoms with Gasteiger partial charge in [0.15, 0.2) is 0 Å². The van der Waals surface area contributed by atoms with Crippen LogP contribution < -0.4 is 10.5 Å². The van der Waals surface area contributed by atoms with E-state index < -0.39 is 0 Å². The molecule has 0 aliphatic rings. The highest BCUT2D eigenvalue weighted by Gasteiger charge is 2.06. The normalized spacial score (nSPS) is 10.2. The van der Waals surface area contributed by atoms with Gasteiger partial charge in [-0.3, -0.25) is 0 Å². The third-order valence-electron chi connectivity index (χ3n) is 2.77. The van der Waals surface area contributed by atoms with Crippen molar-refractivity contribution < 1.29 is 4.74 Å². The van der Waals surface area contributed by atoms with Crippen LogP contribution in [0.15, 0.2) is 42.5 Å². The smallest absolute Gasteiger partial charge is 0.127 e. The number of nitrogens with two attached hydrogens (primary N) is 1. The number of anilines is 1. The third kappa shape index (κ3) is 2.41. The van der Waals surface area contributed by atoms with Crippen molar-refractivity contribution in [3.05, 3.63) is 48.0 Å². The van der Waals surface area contributed by atoms with Crippen molar-refractivity contribution in [1.82, 2.24) is 0 Å². The lowest BCUT2D eigenvalue weighted by Gasteiger charge is -2.11. The average molecular weight is 227 g/mol. The molecule has 0 radical (unpaired) electrons. The van der Waals surface area contributed by atoms with E-state index in [2.05, 4.69) is 12.1 Å². The molecule has 0 fully saturated rings. The first-order valence-electron chi connectivity index (χ1n) is 5.80. The number of para-hydroxylation sites is 1. The summed E-state index contributed by atoms with van der Waals surface area (Å²) in [5.41, 5.74) is 9.99. The van der Waals surface area contributed by atoms with Crippen LogP contribution in [-0.2, 0) is 0 Å². The number of rotatable bonds is 3. The second kappa shape index (κ2) is 4.91. The van der Waals surface area contributed by atoms with Crippen molar-refractivity contribution in [1.29, 1.82) is 0 Å². The number of hydrogen-bond donors (Lipinski definition) is 1. The second-order valence-electron chi connectivity index (χ2n) is 4.00. The van der Waals surface area contributed by atoms with Crippen molar-refractivity contribution in [2.24, 2.45) is 0 Å². The zero-order valence-corrected chi connectivity index (χ0v) is 10.2. The topological polar surface area (TPSA) is 35.2 Å². The molecule has 2 aromatic carbocycles. The standard InChI is InChI=1S/C15H17NO/c1-3-17-15-7-5-4-6-13(15)12-8-9-14(16)11(2)10-12/h4-10H,3,16H2,1-2H3. The summed E-state index contributed by atoms with van der Waals surface area (Å²) in [4.78, 5) is 0. The van der Waals surface area contributed by atoms with Crippen LogP contribution in [0, 0.1) is 6.92 Å². The molecule has 0 heterocycles. The summed E-state index contributed by atoms with van der Waals surface area (Å²) >= 11 is 0. The van der Waals surface area contributed by atoms with E-state index in [1.54, 1.807) is 0 Å². The SMILES string of the molecule is CCOc1ccccc1-c1ccc(N)c(C)c1. The molecule has 2 heteroatoms. The van der Waals surface area contributed by atoms with Crippen LogP contribution in [0.5, 0.6) is 5.75 Å². The predicted octanol–water partition coefficient (Wildman–Crippen LogP) is 3.64. The maximum atomic E-state index is 5.83. The lowest BCUT2D eigenvalue weighted by Crippen LogP contribution is -1.95. The van der Waals surface area contributed by atoms with Crippen LogP contribution in [0.3, 0.4) is 0 Å². The molecule has 17 heavy (non-hydrogen) atoms. The van der Waals surface area contributed by atoms with Crippen LogP contribution in [0.4, 0.5) is 5.69 Å². The Labute approximate surface area is 102 Å². The number of benzene rings is 2. The number of nitrogen functional groups attached to an aromatic ring is 1. The van der Waals surface area contributed by atoms with Crippen molar-refractivity contribution in [2.75, 3.05) is 12.3 Å². The predicted molar refractivity (Wildman–Crippen MR) is 72.2 cm³/mol. The van der Waals surface area contributed by atoms with E-state index in [1.807, 2.05) is 44.2 Å². The summed E-state index contributed by atoms with van der Waals surface area (Å²) in [6.45, 7) is 4.68. The van der Waals surface area contributed by atoms with Gasteiger partial charge in [-0.05, 0) is 43.2 Å². The van der Waals surface area contributed by atoms with Crippen LogP contribution in [-0.4, -0.2) is 6.61 Å². The second-order valence-corrected chi connectivity index (χ2v) is 4.00. The van der Waals surface area contributed by atoms with E-state index in [0.717, 1.165) is 28.1 Å². The van der Waals surface area contributed by atoms with Gasteiger partial charge in [-0.15, -0.1) is 0 Å². The van der Waals surface area contributed by atoms with Gasteiger partial charge in [0.05, 0.1) is 6.61 Å². The summed E-state index contributed by atoms with van der Waals surface area (Å²) in [6, 6.07) is 14.1. The summed E-state index contributed by atoms with van der Waals surface area (Å²) in [5, 5.41) is 0. The molecule has 0 unspecified atom stereocenters. The molecule has 2 nitrogen and oxygen atoms in total. The Morgan fingerprint density at radius 1 is 1.12 bits per heavy atom. The first-order valence-corrected chi connectivity index (χ1v) is 5.80. The minimum absolute atomic E-state index is 0.672. The Morgan fingerprint density at radius 2 is 1.88 bits per heavy atom. The van der Waals surface area contributed by atoms with Gasteiger partial charge < -0.3 is 10.5 Å². The van der Waals surface area contributed by atoms with Gasteiger partial charge in [-0.25, -0.2) is 0 Å². The Kier molecular flexibility index (Phi) is 3.33. The van der Waals surface area contributed by atoms with Gasteiger partial charge >= 0.3 is 0 Å². The van der Waals surface area contributed by atoms with Crippen LogP contribution in [0.1, 0.15) is 12.5 Å². The maximum absolute atomic E-state index is 5.83. The molecule has 0 spiro atoms. The van der Waals surface area contributed by atoms with E-state index in [0.29, 0.717) is 6.61 Å². The molecule has 0 bridgehead atoms. The summed E-state index contributed by atoms with van der Waals surface area (Å²) in [5.74, 6) is 0.916. The van der Waals surface area contributed by atoms with Gasteiger partial charge in [0.1, 0.15) is 5.75 Å². The summed E-state index contributed by atoms with van der Waals surface area (Å²) < 4.78 is 5.63. The minimum Gasteiger partial charge on any atom is -0.493 e. The monoisotopic (exact) mass is 227 g/mol. The molecule has 88 valence electrons. The fourth-order valence-electron chi connectivity index (χ4n) is 1.83. The van der Waals surface area contributed by atoms with Gasteiger partial charge in [0.25, 0.3) is 0 Å². The summed E-state index contributed by atoms with van der Waals surface area (Å²) in [6.07, 6.45) is 0. The van der Waals surface area contributed by atoms with Gasteiger partial charge in [0, 0.05) is 11.3 Å². The van der Waals surface area contributed by atoms with Gasteiger partial charge in [-0.2, -0.15) is 0 Å². The number of ether oxygens (including phenoxy) is 1. The molecule has 0 aliphatic heterocycles. The van der Waals surface area contributed by atoms with Crippen LogP contribution in [0.25, 0.3) is 11.1 Å². The molecular formula is C15H17NO. The van der Waals surface area contributed by atoms with E-state index >= 15 is 0 Å². The first kappa shape index (κ1) is 11.5. The Bertz CT molecular complexity index is 520. The quantitative estimate of drug-likeness (QED) is 0.812. The molecule has 0 amide bonds. The van der Waals surface area contributed by atoms with E-state index in [9.17, 15) is 0 Å². The molecule has 0 saturated carbocycles. The van der Waals surface area contributed by atoms with E-state index in [-0.39, 0.29) is 0 Å². The molecule has 0 aliphatic carbocycles. The number of aryl methyl sites for hydroxylation is 1. The average Bonchev–Trinajstić information content (AvgIpc) is 2.34. The number of hydrogen-bond acceptors (Lipinski definition) is 2. The Hall–Kier alpha value is -1.96. The van der Waals surface area contributed by atoms with E-state index in [1.165, 1.54) is 0 Å². The molecule has 2 N–H and O–H groups in total. The van der Waals surface area contributed by atoms with Gasteiger partial charge in [-0.1, -0.05) is 24.3 Å². The molecule has 0 saturated heterocycles. The Morgan fingerprint density at radius 3 is 2.59 bits per heavy atom. The lowest BCUT2D eigenvalue weighted by atomic mass is 10.0. The van der Waals surface area contributed by atoms with Crippen molar-refractivity contribution >= 4 is 5.69 Å². The highest BCUT2D eigenvalue weighted by Crippen LogP contribution is 2.31. The lowest BCUT2D eigenvalue weighted by molar-refractivity contribution is 0.341. The minimum atomic E-state index is 0.672. The van der Waals surface area contributed by atoms with Gasteiger partial charge in [0.2, 0.25) is 0 Å². The largest absolute Gasteiger partial charge is 0.493 e. The van der Waals surface area contributed by atoms with Crippen LogP contribution >= 0.6 is 0 Å². The summed E-state index contributed by atoms with van der Waals surface area (Å²) in [7, 11) is 0. The van der Waals surface area contributed by atoms with Crippen LogP contribution in [0.2, 0.25) is 0 Å². The fourth-order valence-corrected chi connectivity index (χ4v) is 1.83. The Balaban J connectivity index is 2.48. The fraction of sp³-hybridized carbons (Fsp3) is 0.200. The third-order valence-corrected chi connectivity index (χ3v) is 2.77. The zero-order valence-electron chi connectivity index (χ0n) is 10.2. The highest BCUT2D eigenvalue weighted by atomic mass is 16.5. The zero-order chi connectivity index (χ0) is 12.3. The first-order chi connectivity index (χ1) is 8.22.